The zero-order valence-electron chi connectivity index (χ0n) is 17.3. The summed E-state index contributed by atoms with van der Waals surface area (Å²) in [6.45, 7) is 4.71. The normalized spacial score (nSPS) is 16.6. The molecular formula is C22H27N3O4S. The van der Waals surface area contributed by atoms with E-state index < -0.39 is 10.0 Å². The second kappa shape index (κ2) is 8.37. The largest absolute Gasteiger partial charge is 0.492 e. The number of benzene rings is 1. The van der Waals surface area contributed by atoms with Gasteiger partial charge in [0.25, 0.3) is 0 Å². The molecule has 0 atom stereocenters. The van der Waals surface area contributed by atoms with Gasteiger partial charge in [-0.05, 0) is 30.0 Å². The zero-order valence-corrected chi connectivity index (χ0v) is 18.1. The summed E-state index contributed by atoms with van der Waals surface area (Å²) in [6, 6.07) is 9.72. The smallest absolute Gasteiger partial charge is 0.209 e. The minimum absolute atomic E-state index is 0.110. The van der Waals surface area contributed by atoms with Crippen LogP contribution in [0.1, 0.15) is 25.3 Å². The van der Waals surface area contributed by atoms with Crippen LogP contribution in [-0.4, -0.2) is 44.5 Å². The average molecular weight is 430 g/mol. The summed E-state index contributed by atoms with van der Waals surface area (Å²) in [5.74, 6) is 0.812. The first kappa shape index (κ1) is 20.8. The highest BCUT2D eigenvalue weighted by Gasteiger charge is 2.28. The van der Waals surface area contributed by atoms with Gasteiger partial charge in [-0.25, -0.2) is 18.1 Å². The van der Waals surface area contributed by atoms with Gasteiger partial charge in [-0.1, -0.05) is 31.2 Å². The SMILES string of the molecule is CC1(COc2ccnc3[nH]cc(-c4ccc(CNS(C)(=O)=O)cc4)c23)CCOCC1. The van der Waals surface area contributed by atoms with E-state index in [-0.39, 0.29) is 12.0 Å². The number of sulfonamides is 1. The van der Waals surface area contributed by atoms with E-state index in [1.165, 1.54) is 0 Å². The molecule has 7 nitrogen and oxygen atoms in total. The van der Waals surface area contributed by atoms with Crippen molar-refractivity contribution in [3.63, 3.8) is 0 Å². The van der Waals surface area contributed by atoms with Crippen molar-refractivity contribution in [2.45, 2.75) is 26.3 Å². The molecule has 30 heavy (non-hydrogen) atoms. The third-order valence-corrected chi connectivity index (χ3v) is 6.28. The molecular weight excluding hydrogens is 402 g/mol. The molecule has 0 bridgehead atoms. The monoisotopic (exact) mass is 429 g/mol. The van der Waals surface area contributed by atoms with Gasteiger partial charge < -0.3 is 14.5 Å². The minimum atomic E-state index is -3.22. The predicted octanol–water partition coefficient (Wildman–Crippen LogP) is 3.47. The van der Waals surface area contributed by atoms with Crippen molar-refractivity contribution < 1.29 is 17.9 Å². The van der Waals surface area contributed by atoms with E-state index in [1.807, 2.05) is 36.5 Å². The molecule has 0 aliphatic carbocycles. The summed E-state index contributed by atoms with van der Waals surface area (Å²) in [4.78, 5) is 7.67. The Morgan fingerprint density at radius 1 is 1.20 bits per heavy atom. The molecule has 0 amide bonds. The summed E-state index contributed by atoms with van der Waals surface area (Å²) < 4.78 is 36.9. The number of pyridine rings is 1. The van der Waals surface area contributed by atoms with Crippen LogP contribution in [0.15, 0.2) is 42.7 Å². The topological polar surface area (TPSA) is 93.3 Å². The van der Waals surface area contributed by atoms with E-state index in [0.29, 0.717) is 6.61 Å². The number of nitrogens with zero attached hydrogens (tertiary/aromatic N) is 1. The molecule has 160 valence electrons. The highest BCUT2D eigenvalue weighted by atomic mass is 32.2. The maximum atomic E-state index is 11.3. The lowest BCUT2D eigenvalue weighted by Gasteiger charge is -2.33. The van der Waals surface area contributed by atoms with Gasteiger partial charge in [-0.15, -0.1) is 0 Å². The third-order valence-electron chi connectivity index (χ3n) is 5.61. The Bertz CT molecular complexity index is 1120. The highest BCUT2D eigenvalue weighted by molar-refractivity contribution is 7.88. The molecule has 0 radical (unpaired) electrons. The van der Waals surface area contributed by atoms with Crippen LogP contribution in [0, 0.1) is 5.41 Å². The fourth-order valence-corrected chi connectivity index (χ4v) is 4.08. The predicted molar refractivity (Wildman–Crippen MR) is 117 cm³/mol. The number of hydrogen-bond acceptors (Lipinski definition) is 5. The highest BCUT2D eigenvalue weighted by Crippen LogP contribution is 2.36. The second-order valence-electron chi connectivity index (χ2n) is 8.24. The van der Waals surface area contributed by atoms with Crippen LogP contribution >= 0.6 is 0 Å². The number of fused-ring (bicyclic) bond motifs is 1. The maximum absolute atomic E-state index is 11.3. The van der Waals surface area contributed by atoms with E-state index >= 15 is 0 Å². The van der Waals surface area contributed by atoms with E-state index in [9.17, 15) is 8.42 Å². The van der Waals surface area contributed by atoms with Crippen molar-refractivity contribution in [2.24, 2.45) is 5.41 Å². The summed E-state index contributed by atoms with van der Waals surface area (Å²) in [5.41, 5.74) is 3.80. The lowest BCUT2D eigenvalue weighted by molar-refractivity contribution is 0.000588. The number of aromatic nitrogens is 2. The molecule has 0 saturated carbocycles. The van der Waals surface area contributed by atoms with Crippen LogP contribution in [0.5, 0.6) is 5.75 Å². The molecule has 1 aliphatic heterocycles. The summed E-state index contributed by atoms with van der Waals surface area (Å²) in [6.07, 6.45) is 6.83. The quantitative estimate of drug-likeness (QED) is 0.600. The number of H-pyrrole nitrogens is 1. The molecule has 1 saturated heterocycles. The molecule has 2 aromatic heterocycles. The first-order valence-corrected chi connectivity index (χ1v) is 11.9. The molecule has 2 N–H and O–H groups in total. The molecule has 0 unspecified atom stereocenters. The molecule has 4 rings (SSSR count). The van der Waals surface area contributed by atoms with Gasteiger partial charge in [-0.2, -0.15) is 0 Å². The fourth-order valence-electron chi connectivity index (χ4n) is 3.65. The zero-order chi connectivity index (χ0) is 21.2. The number of ether oxygens (including phenoxy) is 2. The molecule has 8 heteroatoms. The summed E-state index contributed by atoms with van der Waals surface area (Å²) >= 11 is 0. The third kappa shape index (κ3) is 4.83. The lowest BCUT2D eigenvalue weighted by Crippen LogP contribution is -2.32. The number of aromatic amines is 1. The first-order valence-electron chi connectivity index (χ1n) is 10.0. The summed E-state index contributed by atoms with van der Waals surface area (Å²) in [7, 11) is -3.22. The Morgan fingerprint density at radius 3 is 2.63 bits per heavy atom. The Balaban J connectivity index is 1.57. The lowest BCUT2D eigenvalue weighted by atomic mass is 9.83. The fraction of sp³-hybridized carbons (Fsp3) is 0.409. The number of rotatable bonds is 7. The number of hydrogen-bond donors (Lipinski definition) is 2. The second-order valence-corrected chi connectivity index (χ2v) is 10.1. The Hall–Kier alpha value is -2.42. The molecule has 1 fully saturated rings. The maximum Gasteiger partial charge on any atom is 0.209 e. The van der Waals surface area contributed by atoms with E-state index in [0.717, 1.165) is 65.8 Å². The standard InChI is InChI=1S/C22H27N3O4S/c1-22(8-11-28-12-9-22)15-29-19-7-10-23-21-20(19)18(14-24-21)17-5-3-16(4-6-17)13-25-30(2,26)27/h3-7,10,14,25H,8-9,11-13,15H2,1-2H3,(H,23,24). The van der Waals surface area contributed by atoms with Crippen molar-refractivity contribution in [3.8, 4) is 16.9 Å². The van der Waals surface area contributed by atoms with E-state index in [1.54, 1.807) is 6.20 Å². The van der Waals surface area contributed by atoms with Gasteiger partial charge in [0.1, 0.15) is 11.4 Å². The van der Waals surface area contributed by atoms with Crippen molar-refractivity contribution in [2.75, 3.05) is 26.1 Å². The van der Waals surface area contributed by atoms with Crippen molar-refractivity contribution in [1.29, 1.82) is 0 Å². The van der Waals surface area contributed by atoms with Crippen LogP contribution in [-0.2, 0) is 21.3 Å². The Labute approximate surface area is 176 Å². The van der Waals surface area contributed by atoms with Gasteiger partial charge in [0.2, 0.25) is 10.0 Å². The minimum Gasteiger partial charge on any atom is -0.492 e. The van der Waals surface area contributed by atoms with Crippen molar-refractivity contribution >= 4 is 21.1 Å². The van der Waals surface area contributed by atoms with Gasteiger partial charge >= 0.3 is 0 Å². The Kier molecular flexibility index (Phi) is 5.81. The molecule has 1 aliphatic rings. The molecule has 3 heterocycles. The van der Waals surface area contributed by atoms with Gasteiger partial charge in [0.05, 0.1) is 18.2 Å². The summed E-state index contributed by atoms with van der Waals surface area (Å²) in [5, 5.41) is 0.954. The van der Waals surface area contributed by atoms with Crippen molar-refractivity contribution in [1.82, 2.24) is 14.7 Å². The molecule has 1 aromatic carbocycles. The molecule has 0 spiro atoms. The van der Waals surface area contributed by atoms with E-state index in [4.69, 9.17) is 9.47 Å². The van der Waals surface area contributed by atoms with Crippen molar-refractivity contribution in [3.05, 3.63) is 48.3 Å². The van der Waals surface area contributed by atoms with Crippen LogP contribution in [0.2, 0.25) is 0 Å². The molecule has 3 aromatic rings. The van der Waals surface area contributed by atoms with Gasteiger partial charge in [0, 0.05) is 43.1 Å². The Morgan fingerprint density at radius 2 is 1.93 bits per heavy atom. The first-order chi connectivity index (χ1) is 14.3. The average Bonchev–Trinajstić information content (AvgIpc) is 3.16. The van der Waals surface area contributed by atoms with Gasteiger partial charge in [0.15, 0.2) is 0 Å². The van der Waals surface area contributed by atoms with Crippen LogP contribution in [0.3, 0.4) is 0 Å². The number of nitrogens with one attached hydrogen (secondary N) is 2. The van der Waals surface area contributed by atoms with Crippen LogP contribution in [0.4, 0.5) is 0 Å². The van der Waals surface area contributed by atoms with Crippen LogP contribution < -0.4 is 9.46 Å². The van der Waals surface area contributed by atoms with Gasteiger partial charge in [-0.3, -0.25) is 0 Å². The van der Waals surface area contributed by atoms with Crippen LogP contribution in [0.25, 0.3) is 22.2 Å². The van der Waals surface area contributed by atoms with E-state index in [2.05, 4.69) is 21.6 Å².